The van der Waals surface area contributed by atoms with Crippen molar-refractivity contribution in [3.05, 3.63) is 42.4 Å². The Morgan fingerprint density at radius 3 is 2.81 bits per heavy atom. The number of ether oxygens (including phenoxy) is 1. The molecular formula is C22H25N5O4. The molecule has 0 radical (unpaired) electrons. The van der Waals surface area contributed by atoms with Gasteiger partial charge in [-0.25, -0.2) is 0 Å². The van der Waals surface area contributed by atoms with E-state index in [1.807, 2.05) is 29.2 Å². The van der Waals surface area contributed by atoms with Crippen molar-refractivity contribution < 1.29 is 19.4 Å². The number of pyridine rings is 1. The van der Waals surface area contributed by atoms with Gasteiger partial charge in [0, 0.05) is 41.5 Å². The van der Waals surface area contributed by atoms with Crippen molar-refractivity contribution in [2.75, 3.05) is 33.3 Å². The van der Waals surface area contributed by atoms with Gasteiger partial charge < -0.3 is 15.2 Å². The van der Waals surface area contributed by atoms with Gasteiger partial charge in [-0.3, -0.25) is 24.6 Å². The Hall–Kier alpha value is -3.46. The summed E-state index contributed by atoms with van der Waals surface area (Å²) in [7, 11) is 1.60. The van der Waals surface area contributed by atoms with Crippen molar-refractivity contribution in [3.63, 3.8) is 0 Å². The van der Waals surface area contributed by atoms with Crippen LogP contribution in [0.4, 0.5) is 0 Å². The molecule has 9 nitrogen and oxygen atoms in total. The highest BCUT2D eigenvalue weighted by Gasteiger charge is 2.23. The number of carbonyl (C=O) groups excluding carboxylic acids is 1. The number of hydrogen-bond donors (Lipinski definition) is 3. The van der Waals surface area contributed by atoms with Crippen molar-refractivity contribution in [1.29, 1.82) is 0 Å². The van der Waals surface area contributed by atoms with Gasteiger partial charge in [-0.1, -0.05) is 6.07 Å². The topological polar surface area (TPSA) is 120 Å². The third-order valence-corrected chi connectivity index (χ3v) is 5.69. The SMILES string of the molecule is COc1cc2[nH]nc(C(=O)NCC3CCN(CC(=O)O)CC3)c2cc1-c1cccnc1. The van der Waals surface area contributed by atoms with Crippen LogP contribution in [0.3, 0.4) is 0 Å². The molecule has 3 heterocycles. The van der Waals surface area contributed by atoms with E-state index < -0.39 is 5.97 Å². The molecule has 2 aromatic heterocycles. The maximum Gasteiger partial charge on any atom is 0.317 e. The Kier molecular flexibility index (Phi) is 6.13. The zero-order chi connectivity index (χ0) is 21.8. The molecule has 31 heavy (non-hydrogen) atoms. The van der Waals surface area contributed by atoms with E-state index in [0.717, 1.165) is 42.6 Å². The van der Waals surface area contributed by atoms with Crippen LogP contribution in [0.25, 0.3) is 22.0 Å². The Morgan fingerprint density at radius 1 is 1.32 bits per heavy atom. The summed E-state index contributed by atoms with van der Waals surface area (Å²) >= 11 is 0. The Balaban J connectivity index is 1.47. The van der Waals surface area contributed by atoms with Crippen LogP contribution in [0, 0.1) is 5.92 Å². The number of aromatic amines is 1. The number of methoxy groups -OCH3 is 1. The van der Waals surface area contributed by atoms with Crippen molar-refractivity contribution in [2.45, 2.75) is 12.8 Å². The molecular weight excluding hydrogens is 398 g/mol. The minimum atomic E-state index is -0.806. The predicted octanol–water partition coefficient (Wildman–Crippen LogP) is 2.16. The summed E-state index contributed by atoms with van der Waals surface area (Å²) in [5.41, 5.74) is 2.79. The molecule has 0 spiro atoms. The molecule has 162 valence electrons. The molecule has 1 amide bonds. The fourth-order valence-corrected chi connectivity index (χ4v) is 3.99. The van der Waals surface area contributed by atoms with Gasteiger partial charge in [0.1, 0.15) is 5.75 Å². The van der Waals surface area contributed by atoms with E-state index in [0.29, 0.717) is 29.3 Å². The van der Waals surface area contributed by atoms with Crippen LogP contribution in [-0.2, 0) is 4.79 Å². The summed E-state index contributed by atoms with van der Waals surface area (Å²) in [6.45, 7) is 2.07. The third-order valence-electron chi connectivity index (χ3n) is 5.69. The molecule has 9 heteroatoms. The number of amides is 1. The number of aliphatic carboxylic acids is 1. The van der Waals surface area contributed by atoms with Gasteiger partial charge in [0.05, 0.1) is 19.2 Å². The number of hydrogen-bond acceptors (Lipinski definition) is 6. The minimum absolute atomic E-state index is 0.0705. The van der Waals surface area contributed by atoms with Crippen LogP contribution in [-0.4, -0.2) is 70.4 Å². The molecule has 4 rings (SSSR count). The first kappa shape index (κ1) is 20.8. The largest absolute Gasteiger partial charge is 0.496 e. The summed E-state index contributed by atoms with van der Waals surface area (Å²) < 4.78 is 5.52. The predicted molar refractivity (Wildman–Crippen MR) is 115 cm³/mol. The molecule has 0 atom stereocenters. The highest BCUT2D eigenvalue weighted by atomic mass is 16.5. The molecule has 1 aromatic carbocycles. The number of H-pyrrole nitrogens is 1. The fraction of sp³-hybridized carbons (Fsp3) is 0.364. The summed E-state index contributed by atoms with van der Waals surface area (Å²) in [5, 5.41) is 19.8. The second-order valence-corrected chi connectivity index (χ2v) is 7.74. The molecule has 0 unspecified atom stereocenters. The molecule has 1 aliphatic heterocycles. The van der Waals surface area contributed by atoms with Crippen molar-refractivity contribution >= 4 is 22.8 Å². The summed E-state index contributed by atoms with van der Waals surface area (Å²) in [5.74, 6) is -0.0459. The Morgan fingerprint density at radius 2 is 2.13 bits per heavy atom. The van der Waals surface area contributed by atoms with E-state index >= 15 is 0 Å². The van der Waals surface area contributed by atoms with Crippen LogP contribution < -0.4 is 10.1 Å². The zero-order valence-electron chi connectivity index (χ0n) is 17.3. The summed E-state index contributed by atoms with van der Waals surface area (Å²) in [6.07, 6.45) is 5.17. The lowest BCUT2D eigenvalue weighted by Crippen LogP contribution is -2.40. The van der Waals surface area contributed by atoms with E-state index in [-0.39, 0.29) is 12.5 Å². The van der Waals surface area contributed by atoms with Crippen molar-refractivity contribution in [2.24, 2.45) is 5.92 Å². The number of benzene rings is 1. The molecule has 3 aromatic rings. The average Bonchev–Trinajstić information content (AvgIpc) is 3.20. The first-order valence-electron chi connectivity index (χ1n) is 10.2. The number of fused-ring (bicyclic) bond motifs is 1. The molecule has 0 saturated carbocycles. The van der Waals surface area contributed by atoms with Gasteiger partial charge in [0.15, 0.2) is 5.69 Å². The number of carboxylic acid groups (broad SMARTS) is 1. The lowest BCUT2D eigenvalue weighted by atomic mass is 9.96. The standard InChI is InChI=1S/C22H25N5O4/c1-31-19-10-18-17(9-16(19)15-3-2-6-23-12-15)21(26-25-18)22(30)24-11-14-4-7-27(8-5-14)13-20(28)29/h2-3,6,9-10,12,14H,4-5,7-8,11,13H2,1H3,(H,24,30)(H,25,26)(H,28,29). The number of nitrogens with one attached hydrogen (secondary N) is 2. The zero-order valence-corrected chi connectivity index (χ0v) is 17.3. The van der Waals surface area contributed by atoms with Crippen LogP contribution in [0.2, 0.25) is 0 Å². The first-order valence-corrected chi connectivity index (χ1v) is 10.2. The summed E-state index contributed by atoms with van der Waals surface area (Å²) in [6, 6.07) is 7.52. The first-order chi connectivity index (χ1) is 15.0. The minimum Gasteiger partial charge on any atom is -0.496 e. The fourth-order valence-electron chi connectivity index (χ4n) is 3.99. The normalized spacial score (nSPS) is 15.1. The molecule has 0 bridgehead atoms. The van der Waals surface area contributed by atoms with Crippen LogP contribution >= 0.6 is 0 Å². The molecule has 0 aliphatic carbocycles. The Bertz CT molecular complexity index is 1070. The van der Waals surface area contributed by atoms with E-state index in [1.165, 1.54) is 0 Å². The number of piperidine rings is 1. The van der Waals surface area contributed by atoms with Gasteiger partial charge in [-0.05, 0) is 44.0 Å². The second-order valence-electron chi connectivity index (χ2n) is 7.74. The lowest BCUT2D eigenvalue weighted by Gasteiger charge is -2.30. The number of nitrogens with zero attached hydrogens (tertiary/aromatic N) is 3. The van der Waals surface area contributed by atoms with E-state index in [4.69, 9.17) is 9.84 Å². The van der Waals surface area contributed by atoms with Gasteiger partial charge in [0.25, 0.3) is 5.91 Å². The molecule has 3 N–H and O–H groups in total. The average molecular weight is 423 g/mol. The van der Waals surface area contributed by atoms with Gasteiger partial charge in [-0.2, -0.15) is 5.10 Å². The number of rotatable bonds is 7. The van der Waals surface area contributed by atoms with E-state index in [2.05, 4.69) is 20.5 Å². The quantitative estimate of drug-likeness (QED) is 0.532. The maximum atomic E-state index is 12.8. The van der Waals surface area contributed by atoms with E-state index in [1.54, 1.807) is 19.5 Å². The number of carbonyl (C=O) groups is 2. The summed E-state index contributed by atoms with van der Waals surface area (Å²) in [4.78, 5) is 29.8. The van der Waals surface area contributed by atoms with Crippen LogP contribution in [0.5, 0.6) is 5.75 Å². The highest BCUT2D eigenvalue weighted by Crippen LogP contribution is 2.34. The number of likely N-dealkylation sites (tertiary alicyclic amines) is 1. The van der Waals surface area contributed by atoms with Crippen LogP contribution in [0.1, 0.15) is 23.3 Å². The van der Waals surface area contributed by atoms with Gasteiger partial charge >= 0.3 is 5.97 Å². The Labute approximate surface area is 179 Å². The van der Waals surface area contributed by atoms with E-state index in [9.17, 15) is 9.59 Å². The number of carboxylic acids is 1. The smallest absolute Gasteiger partial charge is 0.317 e. The molecule has 1 fully saturated rings. The second kappa shape index (κ2) is 9.13. The lowest BCUT2D eigenvalue weighted by molar-refractivity contribution is -0.138. The monoisotopic (exact) mass is 423 g/mol. The van der Waals surface area contributed by atoms with Crippen molar-refractivity contribution in [1.82, 2.24) is 25.4 Å². The van der Waals surface area contributed by atoms with Crippen molar-refractivity contribution in [3.8, 4) is 16.9 Å². The molecule has 1 saturated heterocycles. The van der Waals surface area contributed by atoms with Gasteiger partial charge in [0.2, 0.25) is 0 Å². The van der Waals surface area contributed by atoms with Gasteiger partial charge in [-0.15, -0.1) is 0 Å². The van der Waals surface area contributed by atoms with Crippen LogP contribution in [0.15, 0.2) is 36.7 Å². The molecule has 1 aliphatic rings. The maximum absolute atomic E-state index is 12.8. The third kappa shape index (κ3) is 4.66. The number of aromatic nitrogens is 3. The highest BCUT2D eigenvalue weighted by molar-refractivity contribution is 6.06.